The summed E-state index contributed by atoms with van der Waals surface area (Å²) in [6, 6.07) is 8.69. The lowest BCUT2D eigenvalue weighted by atomic mass is 10.1. The van der Waals surface area contributed by atoms with Crippen LogP contribution in [0.3, 0.4) is 0 Å². The van der Waals surface area contributed by atoms with E-state index in [0.29, 0.717) is 61.5 Å². The van der Waals surface area contributed by atoms with E-state index in [1.54, 1.807) is 49.5 Å². The Hall–Kier alpha value is -2.47. The van der Waals surface area contributed by atoms with Crippen molar-refractivity contribution in [3.63, 3.8) is 0 Å². The fraction of sp³-hybridized carbons (Fsp3) is 0.455. The molecule has 1 amide bonds. The molecular weight excluding hydrogens is 527 g/mol. The van der Waals surface area contributed by atoms with Crippen LogP contribution in [-0.4, -0.2) is 80.3 Å². The molecular formula is C22H31IN4O5. The number of nitrogens with one attached hydrogen (secondary N) is 1. The summed E-state index contributed by atoms with van der Waals surface area (Å²) in [6.45, 7) is 5.26. The third-order valence-electron chi connectivity index (χ3n) is 5.14. The first-order valence-electron chi connectivity index (χ1n) is 10.3. The molecule has 0 spiro atoms. The van der Waals surface area contributed by atoms with Crippen LogP contribution in [0.1, 0.15) is 29.1 Å². The van der Waals surface area contributed by atoms with Crippen molar-refractivity contribution in [2.45, 2.75) is 13.0 Å². The smallest absolute Gasteiger partial charge is 0.289 e. The Kier molecular flexibility index (Phi) is 10.1. The van der Waals surface area contributed by atoms with Gasteiger partial charge in [0.25, 0.3) is 5.91 Å². The second kappa shape index (κ2) is 12.5. The molecule has 1 aromatic heterocycles. The number of halogens is 1. The fourth-order valence-electron chi connectivity index (χ4n) is 3.47. The number of guanidine groups is 1. The van der Waals surface area contributed by atoms with Crippen LogP contribution in [-0.2, 0) is 0 Å². The average molecular weight is 558 g/mol. The number of aliphatic hydroxyl groups excluding tert-OH is 1. The van der Waals surface area contributed by atoms with Crippen LogP contribution in [0.15, 0.2) is 46.0 Å². The van der Waals surface area contributed by atoms with E-state index in [9.17, 15) is 9.90 Å². The molecule has 10 heteroatoms. The van der Waals surface area contributed by atoms with Gasteiger partial charge in [0.1, 0.15) is 17.6 Å². The number of benzene rings is 1. The molecule has 1 aliphatic rings. The Morgan fingerprint density at radius 2 is 1.91 bits per heavy atom. The molecule has 2 aromatic rings. The van der Waals surface area contributed by atoms with Gasteiger partial charge < -0.3 is 34.1 Å². The van der Waals surface area contributed by atoms with Gasteiger partial charge in [-0.25, -0.2) is 0 Å². The van der Waals surface area contributed by atoms with Crippen molar-refractivity contribution in [3.05, 3.63) is 47.9 Å². The van der Waals surface area contributed by atoms with Gasteiger partial charge in [-0.05, 0) is 37.3 Å². The number of amides is 1. The quantitative estimate of drug-likeness (QED) is 0.306. The number of piperazine rings is 1. The number of carbonyl (C=O) groups is 1. The summed E-state index contributed by atoms with van der Waals surface area (Å²) in [5.74, 6) is 2.17. The van der Waals surface area contributed by atoms with Gasteiger partial charge in [0.2, 0.25) is 0 Å². The van der Waals surface area contributed by atoms with E-state index in [-0.39, 0.29) is 36.4 Å². The first-order chi connectivity index (χ1) is 15.1. The number of hydrogen-bond donors (Lipinski definition) is 2. The molecule has 1 saturated heterocycles. The van der Waals surface area contributed by atoms with E-state index in [1.165, 1.54) is 6.26 Å². The van der Waals surface area contributed by atoms with Crippen LogP contribution < -0.4 is 14.8 Å². The van der Waals surface area contributed by atoms with Crippen molar-refractivity contribution < 1.29 is 23.8 Å². The Bertz CT molecular complexity index is 882. The molecule has 0 bridgehead atoms. The van der Waals surface area contributed by atoms with Gasteiger partial charge >= 0.3 is 0 Å². The molecule has 3 rings (SSSR count). The van der Waals surface area contributed by atoms with Gasteiger partial charge in [0.05, 0.1) is 27.0 Å². The zero-order valence-electron chi connectivity index (χ0n) is 18.6. The summed E-state index contributed by atoms with van der Waals surface area (Å²) < 4.78 is 15.8. The van der Waals surface area contributed by atoms with Crippen molar-refractivity contribution in [1.29, 1.82) is 0 Å². The Balaban J connectivity index is 0.00000363. The highest BCUT2D eigenvalue weighted by Gasteiger charge is 2.25. The number of rotatable bonds is 7. The summed E-state index contributed by atoms with van der Waals surface area (Å²) in [4.78, 5) is 20.9. The maximum atomic E-state index is 12.5. The van der Waals surface area contributed by atoms with Crippen molar-refractivity contribution >= 4 is 35.8 Å². The lowest BCUT2D eigenvalue weighted by Crippen LogP contribution is -2.53. The number of nitrogens with zero attached hydrogens (tertiary/aromatic N) is 3. The minimum absolute atomic E-state index is 0. The summed E-state index contributed by atoms with van der Waals surface area (Å²) in [5.41, 5.74) is 0.621. The molecule has 0 saturated carbocycles. The summed E-state index contributed by atoms with van der Waals surface area (Å²) in [6.07, 6.45) is 0.655. The van der Waals surface area contributed by atoms with Crippen LogP contribution in [0, 0.1) is 0 Å². The fourth-order valence-corrected chi connectivity index (χ4v) is 3.47. The zero-order chi connectivity index (χ0) is 22.2. The molecule has 1 unspecified atom stereocenters. The number of furan rings is 1. The van der Waals surface area contributed by atoms with Gasteiger partial charge in [0, 0.05) is 38.3 Å². The largest absolute Gasteiger partial charge is 0.497 e. The molecule has 1 aromatic carbocycles. The molecule has 9 nitrogen and oxygen atoms in total. The molecule has 1 aliphatic heterocycles. The van der Waals surface area contributed by atoms with Gasteiger partial charge in [-0.2, -0.15) is 0 Å². The van der Waals surface area contributed by atoms with E-state index in [2.05, 4.69) is 15.2 Å². The highest BCUT2D eigenvalue weighted by molar-refractivity contribution is 14.0. The maximum Gasteiger partial charge on any atom is 0.289 e. The molecule has 176 valence electrons. The van der Waals surface area contributed by atoms with Gasteiger partial charge in [0.15, 0.2) is 11.7 Å². The minimum Gasteiger partial charge on any atom is -0.497 e. The van der Waals surface area contributed by atoms with E-state index in [0.717, 1.165) is 0 Å². The first-order valence-corrected chi connectivity index (χ1v) is 10.3. The second-order valence-electron chi connectivity index (χ2n) is 7.07. The van der Waals surface area contributed by atoms with Crippen LogP contribution in [0.4, 0.5) is 0 Å². The van der Waals surface area contributed by atoms with Crippen molar-refractivity contribution in [2.24, 2.45) is 4.99 Å². The van der Waals surface area contributed by atoms with Crippen LogP contribution in [0.2, 0.25) is 0 Å². The first kappa shape index (κ1) is 25.8. The minimum atomic E-state index is -0.847. The molecule has 0 radical (unpaired) electrons. The van der Waals surface area contributed by atoms with Gasteiger partial charge in [-0.3, -0.25) is 9.79 Å². The van der Waals surface area contributed by atoms with Crippen molar-refractivity contribution in [2.75, 3.05) is 53.5 Å². The third-order valence-corrected chi connectivity index (χ3v) is 5.14. The Morgan fingerprint density at radius 1 is 1.19 bits per heavy atom. The summed E-state index contributed by atoms with van der Waals surface area (Å²) in [7, 11) is 3.14. The van der Waals surface area contributed by atoms with E-state index in [4.69, 9.17) is 13.9 Å². The highest BCUT2D eigenvalue weighted by atomic mass is 127. The van der Waals surface area contributed by atoms with Gasteiger partial charge in [-0.1, -0.05) is 0 Å². The standard InChI is InChI=1S/C22H30N4O5.HI/c1-4-23-22(24-15-18(27)17-14-16(29-2)7-8-19(17)30-3)26-11-9-25(10-12-26)21(28)20-6-5-13-31-20;/h5-8,13-14,18,27H,4,9-12,15H2,1-3H3,(H,23,24);1H. The Labute approximate surface area is 205 Å². The molecule has 0 aliphatic carbocycles. The topological polar surface area (TPSA) is 99.8 Å². The molecule has 2 N–H and O–H groups in total. The number of hydrogen-bond acceptors (Lipinski definition) is 6. The van der Waals surface area contributed by atoms with E-state index < -0.39 is 6.10 Å². The highest BCUT2D eigenvalue weighted by Crippen LogP contribution is 2.29. The third kappa shape index (κ3) is 6.28. The van der Waals surface area contributed by atoms with Crippen LogP contribution in [0.5, 0.6) is 11.5 Å². The van der Waals surface area contributed by atoms with Crippen LogP contribution >= 0.6 is 24.0 Å². The Morgan fingerprint density at radius 3 is 2.50 bits per heavy atom. The molecule has 1 atom stereocenters. The van der Waals surface area contributed by atoms with E-state index in [1.807, 2.05) is 6.92 Å². The van der Waals surface area contributed by atoms with E-state index >= 15 is 0 Å². The van der Waals surface area contributed by atoms with Crippen LogP contribution in [0.25, 0.3) is 0 Å². The molecule has 1 fully saturated rings. The number of carbonyl (C=O) groups excluding carboxylic acids is 1. The maximum absolute atomic E-state index is 12.5. The SMILES string of the molecule is CCNC(=NCC(O)c1cc(OC)ccc1OC)N1CCN(C(=O)c2ccco2)CC1.I. The predicted molar refractivity (Wildman–Crippen MR) is 132 cm³/mol. The average Bonchev–Trinajstić information content (AvgIpc) is 3.35. The van der Waals surface area contributed by atoms with Crippen molar-refractivity contribution in [3.8, 4) is 11.5 Å². The number of ether oxygens (including phenoxy) is 2. The number of aliphatic hydroxyl groups is 1. The number of methoxy groups -OCH3 is 2. The zero-order valence-corrected chi connectivity index (χ0v) is 20.9. The monoisotopic (exact) mass is 558 g/mol. The molecule has 2 heterocycles. The second-order valence-corrected chi connectivity index (χ2v) is 7.07. The summed E-state index contributed by atoms with van der Waals surface area (Å²) in [5, 5.41) is 14.0. The lowest BCUT2D eigenvalue weighted by molar-refractivity contribution is 0.0657. The lowest BCUT2D eigenvalue weighted by Gasteiger charge is -2.36. The van der Waals surface area contributed by atoms with Gasteiger partial charge in [-0.15, -0.1) is 24.0 Å². The van der Waals surface area contributed by atoms with Crippen molar-refractivity contribution in [1.82, 2.24) is 15.1 Å². The summed E-state index contributed by atoms with van der Waals surface area (Å²) >= 11 is 0. The number of aliphatic imine (C=N–C) groups is 1. The molecule has 32 heavy (non-hydrogen) atoms. The predicted octanol–water partition coefficient (Wildman–Crippen LogP) is 2.37. The normalized spacial score (nSPS) is 15.1.